The first-order valence-electron chi connectivity index (χ1n) is 10.9. The van der Waals surface area contributed by atoms with Crippen molar-refractivity contribution in [2.24, 2.45) is 5.10 Å². The van der Waals surface area contributed by atoms with Crippen LogP contribution in [0.4, 0.5) is 28.0 Å². The quantitative estimate of drug-likeness (QED) is 0.587. The van der Waals surface area contributed by atoms with Crippen LogP contribution in [0.1, 0.15) is 17.5 Å². The van der Waals surface area contributed by atoms with Gasteiger partial charge in [-0.3, -0.25) is 10.3 Å². The lowest BCUT2D eigenvalue weighted by atomic mass is 10.1. The number of hydrogen-bond acceptors (Lipinski definition) is 5. The van der Waals surface area contributed by atoms with Crippen LogP contribution in [0.3, 0.4) is 0 Å². The first kappa shape index (κ1) is 25.1. The number of urea groups is 1. The van der Waals surface area contributed by atoms with Crippen molar-refractivity contribution in [2.45, 2.75) is 31.7 Å². The number of benzene rings is 2. The second-order valence-electron chi connectivity index (χ2n) is 8.54. The molecule has 2 amide bonds. The molecular weight excluding hydrogens is 490 g/mol. The van der Waals surface area contributed by atoms with Crippen LogP contribution in [-0.4, -0.2) is 67.6 Å². The molecule has 2 aromatic carbocycles. The highest BCUT2D eigenvalue weighted by atomic mass is 35.5. The van der Waals surface area contributed by atoms with Gasteiger partial charge in [-0.1, -0.05) is 17.7 Å². The molecule has 0 radical (unpaired) electrons. The first-order valence-corrected chi connectivity index (χ1v) is 11.3. The van der Waals surface area contributed by atoms with E-state index in [1.165, 1.54) is 29.2 Å². The summed E-state index contributed by atoms with van der Waals surface area (Å²) >= 11 is 6.26. The van der Waals surface area contributed by atoms with Gasteiger partial charge in [-0.15, -0.1) is 5.10 Å². The Morgan fingerprint density at radius 1 is 1.26 bits per heavy atom. The average Bonchev–Trinajstić information content (AvgIpc) is 3.49. The number of alkyl halides is 2. The van der Waals surface area contributed by atoms with Crippen molar-refractivity contribution in [2.75, 3.05) is 32.1 Å². The molecule has 7 nitrogen and oxygen atoms in total. The molecule has 2 aliphatic rings. The van der Waals surface area contributed by atoms with Crippen LogP contribution in [0.15, 0.2) is 41.5 Å². The molecule has 12 heteroatoms. The van der Waals surface area contributed by atoms with Crippen LogP contribution in [0, 0.1) is 11.6 Å². The zero-order valence-corrected chi connectivity index (χ0v) is 19.8. The van der Waals surface area contributed by atoms with Gasteiger partial charge in [-0.25, -0.2) is 22.4 Å². The Hall–Kier alpha value is -3.05. The number of nitrogens with zero attached hydrogens (tertiary/aromatic N) is 4. The van der Waals surface area contributed by atoms with Gasteiger partial charge in [0.25, 0.3) is 6.43 Å². The van der Waals surface area contributed by atoms with Gasteiger partial charge in [-0.2, -0.15) is 0 Å². The van der Waals surface area contributed by atoms with Crippen molar-refractivity contribution in [3.63, 3.8) is 0 Å². The highest BCUT2D eigenvalue weighted by Gasteiger charge is 2.33. The fourth-order valence-corrected chi connectivity index (χ4v) is 4.25. The molecule has 2 heterocycles. The van der Waals surface area contributed by atoms with E-state index < -0.39 is 24.3 Å². The maximum absolute atomic E-state index is 15.1. The zero-order chi connectivity index (χ0) is 25.3. The monoisotopic (exact) mass is 513 g/mol. The number of halogens is 5. The first-order chi connectivity index (χ1) is 16.6. The summed E-state index contributed by atoms with van der Waals surface area (Å²) in [5.41, 5.74) is 2.69. The summed E-state index contributed by atoms with van der Waals surface area (Å²) in [4.78, 5) is 18.5. The van der Waals surface area contributed by atoms with E-state index in [4.69, 9.17) is 16.3 Å². The molecule has 0 saturated carbocycles. The lowest BCUT2D eigenvalue weighted by Gasteiger charge is -2.29. The summed E-state index contributed by atoms with van der Waals surface area (Å²) in [5, 5.41) is 3.69. The van der Waals surface area contributed by atoms with Crippen LogP contribution in [0.2, 0.25) is 5.02 Å². The van der Waals surface area contributed by atoms with Gasteiger partial charge in [0, 0.05) is 30.3 Å². The smallest absolute Gasteiger partial charge is 0.324 e. The van der Waals surface area contributed by atoms with Crippen LogP contribution in [0.5, 0.6) is 0 Å². The van der Waals surface area contributed by atoms with Gasteiger partial charge in [-0.05, 0) is 50.8 Å². The van der Waals surface area contributed by atoms with E-state index in [0.717, 1.165) is 18.6 Å². The number of anilines is 1. The van der Waals surface area contributed by atoms with Gasteiger partial charge in [0.15, 0.2) is 0 Å². The third-order valence-corrected chi connectivity index (χ3v) is 6.29. The van der Waals surface area contributed by atoms with Crippen LogP contribution >= 0.6 is 11.6 Å². The summed E-state index contributed by atoms with van der Waals surface area (Å²) in [7, 11) is 3.86. The molecule has 0 aliphatic carbocycles. The number of nitrogens with one attached hydrogen (secondary N) is 1. The predicted molar refractivity (Wildman–Crippen MR) is 124 cm³/mol. The van der Waals surface area contributed by atoms with Crippen molar-refractivity contribution < 1.29 is 27.1 Å². The number of likely N-dealkylation sites (tertiary alicyclic amines) is 1. The molecular formula is C23H24ClF4N5O2. The third-order valence-electron chi connectivity index (χ3n) is 5.98. The van der Waals surface area contributed by atoms with E-state index >= 15 is 4.39 Å². The van der Waals surface area contributed by atoms with Gasteiger partial charge in [0.1, 0.15) is 11.6 Å². The SMILES string of the molecule is CN(C)C1CCN(C(=O)N(Cc2ccc(C3=NNC(C(F)F)O3)cc2F)c2ccc(F)cc2Cl)C1. The highest BCUT2D eigenvalue weighted by Crippen LogP contribution is 2.31. The molecule has 2 unspecified atom stereocenters. The number of carbonyl (C=O) groups excluding carboxylic acids is 1. The Kier molecular flexibility index (Phi) is 7.36. The molecule has 0 bridgehead atoms. The molecule has 35 heavy (non-hydrogen) atoms. The summed E-state index contributed by atoms with van der Waals surface area (Å²) < 4.78 is 59.4. The molecule has 1 fully saturated rings. The molecule has 2 aliphatic heterocycles. The minimum atomic E-state index is -2.81. The van der Waals surface area contributed by atoms with E-state index in [9.17, 15) is 18.0 Å². The predicted octanol–water partition coefficient (Wildman–Crippen LogP) is 4.25. The Morgan fingerprint density at radius 3 is 2.63 bits per heavy atom. The molecule has 2 atom stereocenters. The summed E-state index contributed by atoms with van der Waals surface area (Å²) in [5.74, 6) is -1.43. The molecule has 0 aromatic heterocycles. The number of rotatable bonds is 6. The lowest BCUT2D eigenvalue weighted by Crippen LogP contribution is -2.43. The number of amides is 2. The van der Waals surface area contributed by atoms with E-state index in [2.05, 4.69) is 10.5 Å². The van der Waals surface area contributed by atoms with Crippen molar-refractivity contribution >= 4 is 29.2 Å². The van der Waals surface area contributed by atoms with E-state index in [0.29, 0.717) is 13.1 Å². The summed E-state index contributed by atoms with van der Waals surface area (Å²) in [6, 6.07) is 7.39. The number of hydrazone groups is 1. The minimum Gasteiger partial charge on any atom is -0.445 e. The Bertz CT molecular complexity index is 1130. The molecule has 1 saturated heterocycles. The number of hydrogen-bond donors (Lipinski definition) is 1. The van der Waals surface area contributed by atoms with E-state index in [-0.39, 0.29) is 46.4 Å². The molecule has 4 rings (SSSR count). The second kappa shape index (κ2) is 10.3. The standard InChI is InChI=1S/C23H24ClF4N5O2/c1-31(2)16-7-8-32(12-16)23(34)33(19-6-5-15(25)10-17(19)24)11-14-4-3-13(9-18(14)26)21-29-30-22(35-21)20(27)28/h3-6,9-10,16,20,22,30H,7-8,11-12H2,1-2H3. The third kappa shape index (κ3) is 5.46. The van der Waals surface area contributed by atoms with Crippen molar-refractivity contribution in [1.82, 2.24) is 15.2 Å². The normalized spacial score (nSPS) is 19.7. The maximum atomic E-state index is 15.1. The highest BCUT2D eigenvalue weighted by molar-refractivity contribution is 6.33. The van der Waals surface area contributed by atoms with Crippen LogP contribution in [-0.2, 0) is 11.3 Å². The summed E-state index contributed by atoms with van der Waals surface area (Å²) in [6.45, 7) is 0.802. The Labute approximate surface area is 204 Å². The van der Waals surface area contributed by atoms with Crippen molar-refractivity contribution in [3.8, 4) is 0 Å². The average molecular weight is 514 g/mol. The fraction of sp³-hybridized carbons (Fsp3) is 0.391. The zero-order valence-electron chi connectivity index (χ0n) is 19.0. The Balaban J connectivity index is 1.59. The summed E-state index contributed by atoms with van der Waals surface area (Å²) in [6.07, 6.45) is -3.63. The largest absolute Gasteiger partial charge is 0.445 e. The van der Waals surface area contributed by atoms with Gasteiger partial charge in [0.05, 0.1) is 17.3 Å². The Morgan fingerprint density at radius 2 is 2.03 bits per heavy atom. The number of ether oxygens (including phenoxy) is 1. The second-order valence-corrected chi connectivity index (χ2v) is 8.95. The topological polar surface area (TPSA) is 60.4 Å². The molecule has 188 valence electrons. The minimum absolute atomic E-state index is 0.0107. The molecule has 0 spiro atoms. The maximum Gasteiger partial charge on any atom is 0.324 e. The van der Waals surface area contributed by atoms with Gasteiger partial charge < -0.3 is 14.5 Å². The van der Waals surface area contributed by atoms with Crippen LogP contribution in [0.25, 0.3) is 0 Å². The number of carbonyl (C=O) groups is 1. The van der Waals surface area contributed by atoms with Crippen molar-refractivity contribution in [1.29, 1.82) is 0 Å². The molecule has 2 aromatic rings. The number of likely N-dealkylation sites (N-methyl/N-ethyl adjacent to an activating group) is 1. The van der Waals surface area contributed by atoms with E-state index in [1.54, 1.807) is 4.90 Å². The van der Waals surface area contributed by atoms with Gasteiger partial charge >= 0.3 is 6.03 Å². The molecule has 1 N–H and O–H groups in total. The fourth-order valence-electron chi connectivity index (χ4n) is 3.98. The van der Waals surface area contributed by atoms with E-state index in [1.807, 2.05) is 19.0 Å². The van der Waals surface area contributed by atoms with Crippen molar-refractivity contribution in [3.05, 3.63) is 64.2 Å². The van der Waals surface area contributed by atoms with Crippen LogP contribution < -0.4 is 10.3 Å². The lowest BCUT2D eigenvalue weighted by molar-refractivity contribution is 0.000583. The van der Waals surface area contributed by atoms with Gasteiger partial charge in [0.2, 0.25) is 12.1 Å².